The molecule has 1 aromatic rings. The van der Waals surface area contributed by atoms with Gasteiger partial charge in [-0.2, -0.15) is 0 Å². The highest BCUT2D eigenvalue weighted by atomic mass is 32.2. The van der Waals surface area contributed by atoms with Crippen molar-refractivity contribution in [2.45, 2.75) is 62.0 Å². The maximum Gasteiger partial charge on any atom is 0.223 e. The lowest BCUT2D eigenvalue weighted by Gasteiger charge is -2.31. The van der Waals surface area contributed by atoms with Gasteiger partial charge < -0.3 is 10.2 Å². The van der Waals surface area contributed by atoms with Crippen molar-refractivity contribution in [2.75, 3.05) is 13.3 Å². The van der Waals surface area contributed by atoms with Crippen molar-refractivity contribution in [3.8, 4) is 0 Å². The summed E-state index contributed by atoms with van der Waals surface area (Å²) in [6, 6.07) is 9.05. The summed E-state index contributed by atoms with van der Waals surface area (Å²) in [5, 5.41) is 3.64. The standard InChI is InChI=1S/C19H28N2O2S/c1-13(15-4-8-18(9-5-15)24(3)23)21(2)19(22)12-14-10-16-6-7-17(11-14)20-16/h4-5,8-9,13-14,16-17,20H,6-7,10-12H2,1-3H3. The van der Waals surface area contributed by atoms with Crippen molar-refractivity contribution in [1.82, 2.24) is 10.2 Å². The highest BCUT2D eigenvalue weighted by Crippen LogP contribution is 2.33. The number of amides is 1. The van der Waals surface area contributed by atoms with E-state index in [0.717, 1.165) is 23.3 Å². The Bertz CT molecular complexity index is 604. The minimum Gasteiger partial charge on any atom is -0.339 e. The van der Waals surface area contributed by atoms with Crippen molar-refractivity contribution in [3.05, 3.63) is 29.8 Å². The topological polar surface area (TPSA) is 49.4 Å². The Morgan fingerprint density at radius 3 is 2.38 bits per heavy atom. The molecule has 0 aromatic heterocycles. The van der Waals surface area contributed by atoms with E-state index in [-0.39, 0.29) is 11.9 Å². The quantitative estimate of drug-likeness (QED) is 0.890. The Balaban J connectivity index is 1.59. The van der Waals surface area contributed by atoms with Crippen molar-refractivity contribution in [1.29, 1.82) is 0 Å². The van der Waals surface area contributed by atoms with Gasteiger partial charge in [-0.1, -0.05) is 12.1 Å². The molecule has 132 valence electrons. The summed E-state index contributed by atoms with van der Waals surface area (Å²) in [6.45, 7) is 2.06. The van der Waals surface area contributed by atoms with E-state index in [1.54, 1.807) is 6.26 Å². The van der Waals surface area contributed by atoms with E-state index in [4.69, 9.17) is 0 Å². The summed E-state index contributed by atoms with van der Waals surface area (Å²) in [4.78, 5) is 15.4. The van der Waals surface area contributed by atoms with Gasteiger partial charge in [0, 0.05) is 47.5 Å². The first-order valence-corrected chi connectivity index (χ1v) is 10.4. The Kier molecular flexibility index (Phi) is 5.40. The summed E-state index contributed by atoms with van der Waals surface area (Å²) in [6.07, 6.45) is 7.16. The van der Waals surface area contributed by atoms with Crippen LogP contribution in [0.15, 0.2) is 29.2 Å². The van der Waals surface area contributed by atoms with E-state index in [0.29, 0.717) is 24.4 Å². The van der Waals surface area contributed by atoms with Crippen LogP contribution in [0.4, 0.5) is 0 Å². The van der Waals surface area contributed by atoms with E-state index >= 15 is 0 Å². The third-order valence-electron chi connectivity index (χ3n) is 5.70. The summed E-state index contributed by atoms with van der Waals surface area (Å²) < 4.78 is 11.5. The van der Waals surface area contributed by atoms with Crippen LogP contribution in [0.5, 0.6) is 0 Å². The molecule has 0 aliphatic carbocycles. The second kappa shape index (κ2) is 7.36. The largest absolute Gasteiger partial charge is 0.339 e. The van der Waals surface area contributed by atoms with Gasteiger partial charge in [-0.3, -0.25) is 9.00 Å². The van der Waals surface area contributed by atoms with Crippen molar-refractivity contribution in [3.63, 3.8) is 0 Å². The number of hydrogen-bond donors (Lipinski definition) is 1. The number of benzene rings is 1. The Hall–Kier alpha value is -1.20. The van der Waals surface area contributed by atoms with Crippen LogP contribution < -0.4 is 5.32 Å². The first-order valence-electron chi connectivity index (χ1n) is 8.89. The fourth-order valence-electron chi connectivity index (χ4n) is 4.11. The van der Waals surface area contributed by atoms with Gasteiger partial charge in [-0.05, 0) is 56.2 Å². The first kappa shape index (κ1) is 17.6. The van der Waals surface area contributed by atoms with Crippen LogP contribution in [-0.4, -0.2) is 40.4 Å². The highest BCUT2D eigenvalue weighted by Gasteiger charge is 2.34. The minimum absolute atomic E-state index is 0.0373. The van der Waals surface area contributed by atoms with E-state index in [1.807, 2.05) is 36.2 Å². The van der Waals surface area contributed by atoms with E-state index in [1.165, 1.54) is 12.8 Å². The molecule has 4 unspecified atom stereocenters. The highest BCUT2D eigenvalue weighted by molar-refractivity contribution is 7.84. The number of piperidine rings is 1. The molecule has 2 bridgehead atoms. The van der Waals surface area contributed by atoms with Crippen LogP contribution in [0.25, 0.3) is 0 Å². The van der Waals surface area contributed by atoms with Gasteiger partial charge in [0.15, 0.2) is 0 Å². The SMILES string of the molecule is CC(c1ccc(S(C)=O)cc1)N(C)C(=O)CC1CC2CCC(C1)N2. The third-order valence-corrected chi connectivity index (χ3v) is 6.64. The predicted octanol–water partition coefficient (Wildman–Crippen LogP) is 2.86. The van der Waals surface area contributed by atoms with Gasteiger partial charge in [0.05, 0.1) is 6.04 Å². The third kappa shape index (κ3) is 3.89. The second-order valence-electron chi connectivity index (χ2n) is 7.38. The number of carbonyl (C=O) groups excluding carboxylic acids is 1. The lowest BCUT2D eigenvalue weighted by atomic mass is 9.89. The lowest BCUT2D eigenvalue weighted by Crippen LogP contribution is -2.40. The normalized spacial score (nSPS) is 28.4. The summed E-state index contributed by atoms with van der Waals surface area (Å²) in [7, 11) is 0.935. The number of hydrogen-bond acceptors (Lipinski definition) is 3. The number of fused-ring (bicyclic) bond motifs is 2. The number of nitrogens with one attached hydrogen (secondary N) is 1. The van der Waals surface area contributed by atoms with Crippen LogP contribution in [0.2, 0.25) is 0 Å². The van der Waals surface area contributed by atoms with Gasteiger partial charge in [0.1, 0.15) is 0 Å². The fraction of sp³-hybridized carbons (Fsp3) is 0.632. The molecule has 3 rings (SSSR count). The van der Waals surface area contributed by atoms with Crippen LogP contribution in [0, 0.1) is 5.92 Å². The zero-order valence-corrected chi connectivity index (χ0v) is 15.6. The van der Waals surface area contributed by atoms with Gasteiger partial charge in [-0.25, -0.2) is 0 Å². The average molecular weight is 349 g/mol. The maximum atomic E-state index is 12.7. The molecule has 4 atom stereocenters. The van der Waals surface area contributed by atoms with Crippen LogP contribution >= 0.6 is 0 Å². The molecular weight excluding hydrogens is 320 g/mol. The summed E-state index contributed by atoms with van der Waals surface area (Å²) in [5.41, 5.74) is 1.09. The zero-order valence-electron chi connectivity index (χ0n) is 14.8. The van der Waals surface area contributed by atoms with E-state index < -0.39 is 10.8 Å². The van der Waals surface area contributed by atoms with E-state index in [2.05, 4.69) is 12.2 Å². The molecule has 4 nitrogen and oxygen atoms in total. The molecule has 0 radical (unpaired) electrons. The molecule has 2 aliphatic rings. The Morgan fingerprint density at radius 2 is 1.83 bits per heavy atom. The molecule has 0 saturated carbocycles. The Morgan fingerprint density at radius 1 is 1.25 bits per heavy atom. The smallest absolute Gasteiger partial charge is 0.223 e. The van der Waals surface area contributed by atoms with Gasteiger partial charge in [0.2, 0.25) is 5.91 Å². The zero-order chi connectivity index (χ0) is 17.3. The summed E-state index contributed by atoms with van der Waals surface area (Å²) in [5.74, 6) is 0.757. The molecule has 5 heteroatoms. The van der Waals surface area contributed by atoms with Crippen molar-refractivity contribution < 1.29 is 9.00 Å². The molecule has 1 aromatic carbocycles. The van der Waals surface area contributed by atoms with Crippen LogP contribution in [0.1, 0.15) is 50.6 Å². The van der Waals surface area contributed by atoms with Crippen molar-refractivity contribution in [2.24, 2.45) is 5.92 Å². The predicted molar refractivity (Wildman–Crippen MR) is 97.2 cm³/mol. The molecule has 0 spiro atoms. The molecule has 2 aliphatic heterocycles. The number of rotatable bonds is 5. The molecular formula is C19H28N2O2S. The summed E-state index contributed by atoms with van der Waals surface area (Å²) >= 11 is 0. The Labute approximate surface area is 147 Å². The molecule has 1 amide bonds. The number of nitrogens with zero attached hydrogens (tertiary/aromatic N) is 1. The molecule has 2 heterocycles. The second-order valence-corrected chi connectivity index (χ2v) is 8.76. The molecule has 1 N–H and O–H groups in total. The average Bonchev–Trinajstić information content (AvgIpc) is 2.92. The number of carbonyl (C=O) groups is 1. The van der Waals surface area contributed by atoms with Gasteiger partial charge >= 0.3 is 0 Å². The van der Waals surface area contributed by atoms with Crippen LogP contribution in [0.3, 0.4) is 0 Å². The maximum absolute atomic E-state index is 12.7. The van der Waals surface area contributed by atoms with Gasteiger partial charge in [-0.15, -0.1) is 0 Å². The van der Waals surface area contributed by atoms with E-state index in [9.17, 15) is 9.00 Å². The van der Waals surface area contributed by atoms with Crippen molar-refractivity contribution >= 4 is 16.7 Å². The van der Waals surface area contributed by atoms with Gasteiger partial charge in [0.25, 0.3) is 0 Å². The lowest BCUT2D eigenvalue weighted by molar-refractivity contribution is -0.133. The molecule has 2 saturated heterocycles. The molecule has 24 heavy (non-hydrogen) atoms. The monoisotopic (exact) mass is 348 g/mol. The molecule has 2 fully saturated rings. The fourth-order valence-corrected chi connectivity index (χ4v) is 4.63. The first-order chi connectivity index (χ1) is 11.4. The minimum atomic E-state index is -0.962. The van der Waals surface area contributed by atoms with Crippen LogP contribution in [-0.2, 0) is 15.6 Å².